The molecule has 1 aliphatic heterocycles. The molecular formula is C16H23NO8S. The number of carbonyl (C=O) groups is 1. The molecule has 0 aliphatic carbocycles. The molecule has 1 saturated heterocycles. The minimum atomic E-state index is -1.78. The van der Waals surface area contributed by atoms with Crippen LogP contribution >= 0.6 is 12.8 Å². The third-order valence-corrected chi connectivity index (χ3v) is 4.04. The first-order chi connectivity index (χ1) is 12.2. The van der Waals surface area contributed by atoms with Crippen LogP contribution in [-0.4, -0.2) is 63.2 Å². The van der Waals surface area contributed by atoms with Gasteiger partial charge in [-0.2, -0.15) is 0 Å². The summed E-state index contributed by atoms with van der Waals surface area (Å²) in [4.78, 5) is 11.1. The van der Waals surface area contributed by atoms with Crippen LogP contribution in [0.3, 0.4) is 0 Å². The summed E-state index contributed by atoms with van der Waals surface area (Å²) >= 11 is 4.00. The van der Waals surface area contributed by atoms with Crippen LogP contribution < -0.4 is 9.46 Å². The van der Waals surface area contributed by atoms with E-state index >= 15 is 0 Å². The van der Waals surface area contributed by atoms with Crippen molar-refractivity contribution in [2.75, 3.05) is 4.72 Å². The first kappa shape index (κ1) is 20.7. The van der Waals surface area contributed by atoms with Crippen molar-refractivity contribution in [2.45, 2.75) is 57.3 Å². The fourth-order valence-corrected chi connectivity index (χ4v) is 2.57. The van der Waals surface area contributed by atoms with Gasteiger partial charge in [-0.15, -0.1) is 0 Å². The predicted molar refractivity (Wildman–Crippen MR) is 93.9 cm³/mol. The Morgan fingerprint density at radius 1 is 1.27 bits per heavy atom. The fourth-order valence-electron chi connectivity index (χ4n) is 2.39. The lowest BCUT2D eigenvalue weighted by Crippen LogP contribution is -2.61. The minimum absolute atomic E-state index is 0.0602. The molecule has 26 heavy (non-hydrogen) atoms. The van der Waals surface area contributed by atoms with Gasteiger partial charge >= 0.3 is 5.97 Å². The van der Waals surface area contributed by atoms with Crippen molar-refractivity contribution in [1.82, 2.24) is 0 Å². The van der Waals surface area contributed by atoms with Crippen molar-refractivity contribution < 1.29 is 39.4 Å². The number of anilines is 1. The summed E-state index contributed by atoms with van der Waals surface area (Å²) in [5.41, 5.74) is 1.27. The lowest BCUT2D eigenvalue weighted by atomic mass is 9.99. The molecule has 146 valence electrons. The molecule has 9 nitrogen and oxygen atoms in total. The number of rotatable bonds is 7. The van der Waals surface area contributed by atoms with E-state index in [-0.39, 0.29) is 11.9 Å². The van der Waals surface area contributed by atoms with E-state index < -0.39 is 36.7 Å². The molecule has 0 aromatic heterocycles. The van der Waals surface area contributed by atoms with E-state index in [1.54, 1.807) is 18.2 Å². The fraction of sp³-hybridized carbons (Fsp3) is 0.562. The van der Waals surface area contributed by atoms with E-state index in [9.17, 15) is 20.1 Å². The monoisotopic (exact) mass is 389 g/mol. The van der Waals surface area contributed by atoms with Crippen LogP contribution in [0.1, 0.15) is 19.4 Å². The number of hydrogen-bond donors (Lipinski definition) is 6. The molecule has 2 rings (SSSR count). The van der Waals surface area contributed by atoms with E-state index in [2.05, 4.69) is 17.5 Å². The van der Waals surface area contributed by atoms with Crippen molar-refractivity contribution in [3.8, 4) is 5.75 Å². The molecule has 5 atom stereocenters. The Balaban J connectivity index is 2.16. The molecule has 0 saturated carbocycles. The number of hydrogen-bond acceptors (Lipinski definition) is 9. The normalized spacial score (nSPS) is 28.8. The van der Waals surface area contributed by atoms with Gasteiger partial charge in [0.2, 0.25) is 6.29 Å². The van der Waals surface area contributed by atoms with Crippen LogP contribution in [0.4, 0.5) is 5.69 Å². The lowest BCUT2D eigenvalue weighted by molar-refractivity contribution is -0.271. The molecule has 1 heterocycles. The Morgan fingerprint density at radius 2 is 1.96 bits per heavy atom. The molecule has 0 amide bonds. The highest BCUT2D eigenvalue weighted by molar-refractivity contribution is 7.81. The van der Waals surface area contributed by atoms with E-state index in [1.807, 2.05) is 13.8 Å². The van der Waals surface area contributed by atoms with Gasteiger partial charge < -0.3 is 39.4 Å². The highest BCUT2D eigenvalue weighted by Crippen LogP contribution is 2.31. The summed E-state index contributed by atoms with van der Waals surface area (Å²) in [6.07, 6.45) is -8.32. The highest BCUT2D eigenvalue weighted by atomic mass is 32.1. The average Bonchev–Trinajstić information content (AvgIpc) is 2.60. The number of thiol groups is 1. The van der Waals surface area contributed by atoms with E-state index in [0.29, 0.717) is 12.3 Å². The third-order valence-electron chi connectivity index (χ3n) is 3.80. The zero-order chi connectivity index (χ0) is 19.4. The topological polar surface area (TPSA) is 138 Å². The van der Waals surface area contributed by atoms with Crippen LogP contribution in [0.2, 0.25) is 0 Å². The van der Waals surface area contributed by atoms with Crippen molar-refractivity contribution in [2.24, 2.45) is 0 Å². The largest absolute Gasteiger partial charge is 0.479 e. The van der Waals surface area contributed by atoms with Crippen LogP contribution in [0.25, 0.3) is 0 Å². The summed E-state index contributed by atoms with van der Waals surface area (Å²) in [5.74, 6) is -1.27. The molecule has 5 N–H and O–H groups in total. The van der Waals surface area contributed by atoms with E-state index in [0.717, 1.165) is 5.56 Å². The van der Waals surface area contributed by atoms with Crippen LogP contribution in [0, 0.1) is 0 Å². The molecule has 0 spiro atoms. The third kappa shape index (κ3) is 4.78. The summed E-state index contributed by atoms with van der Waals surface area (Å²) in [7, 11) is 0. The lowest BCUT2D eigenvalue weighted by Gasteiger charge is -2.38. The van der Waals surface area contributed by atoms with Crippen molar-refractivity contribution in [3.05, 3.63) is 23.8 Å². The second kappa shape index (κ2) is 8.89. The zero-order valence-electron chi connectivity index (χ0n) is 14.3. The van der Waals surface area contributed by atoms with Crippen LogP contribution in [0.5, 0.6) is 5.75 Å². The summed E-state index contributed by atoms with van der Waals surface area (Å²) in [6, 6.07) is 5.00. The molecule has 10 heteroatoms. The summed E-state index contributed by atoms with van der Waals surface area (Å²) < 4.78 is 18.8. The first-order valence-corrected chi connectivity index (χ1v) is 8.43. The second-order valence-electron chi connectivity index (χ2n) is 6.16. The van der Waals surface area contributed by atoms with Crippen molar-refractivity contribution >= 4 is 24.5 Å². The maximum absolute atomic E-state index is 11.1. The van der Waals surface area contributed by atoms with Gasteiger partial charge in [0.25, 0.3) is 0 Å². The zero-order valence-corrected chi connectivity index (χ0v) is 15.2. The van der Waals surface area contributed by atoms with Gasteiger partial charge in [-0.25, -0.2) is 4.79 Å². The van der Waals surface area contributed by atoms with Gasteiger partial charge in [0.05, 0.1) is 18.4 Å². The molecule has 1 aliphatic rings. The molecule has 0 radical (unpaired) electrons. The van der Waals surface area contributed by atoms with Gasteiger partial charge in [0.1, 0.15) is 24.1 Å². The maximum Gasteiger partial charge on any atom is 0.335 e. The standard InChI is InChI=1S/C16H23NO8S/c1-7(2)23-6-8-3-4-10(9(5-8)17-26)24-16-13(20)11(18)12(19)14(25-16)15(21)22/h3-5,7,11-14,16-20,26H,6H2,1-2H3,(H,21,22). The summed E-state index contributed by atoms with van der Waals surface area (Å²) in [5, 5.41) is 38.6. The Bertz CT molecular complexity index is 628. The van der Waals surface area contributed by atoms with Gasteiger partial charge in [-0.3, -0.25) is 0 Å². The molecule has 1 aromatic rings. The van der Waals surface area contributed by atoms with Crippen molar-refractivity contribution in [3.63, 3.8) is 0 Å². The minimum Gasteiger partial charge on any atom is -0.479 e. The van der Waals surface area contributed by atoms with Crippen molar-refractivity contribution in [1.29, 1.82) is 0 Å². The smallest absolute Gasteiger partial charge is 0.335 e. The highest BCUT2D eigenvalue weighted by Gasteiger charge is 2.48. The van der Waals surface area contributed by atoms with Crippen LogP contribution in [-0.2, 0) is 20.9 Å². The number of aliphatic hydroxyl groups excluding tert-OH is 3. The quantitative estimate of drug-likeness (QED) is 0.360. The van der Waals surface area contributed by atoms with Gasteiger partial charge in [-0.05, 0) is 31.5 Å². The number of aliphatic carboxylic acids is 1. The number of carboxylic acid groups (broad SMARTS) is 1. The average molecular weight is 389 g/mol. The van der Waals surface area contributed by atoms with Gasteiger partial charge in [0.15, 0.2) is 6.10 Å². The second-order valence-corrected chi connectivity index (χ2v) is 6.38. The van der Waals surface area contributed by atoms with Crippen LogP contribution in [0.15, 0.2) is 18.2 Å². The number of nitrogens with one attached hydrogen (secondary N) is 1. The number of ether oxygens (including phenoxy) is 3. The molecule has 5 unspecified atom stereocenters. The Kier molecular flexibility index (Phi) is 7.09. The van der Waals surface area contributed by atoms with Gasteiger partial charge in [0, 0.05) is 0 Å². The SMILES string of the molecule is CC(C)OCc1ccc(OC2OC(C(=O)O)C(O)C(O)C2O)c(NS)c1. The molecular weight excluding hydrogens is 366 g/mol. The number of benzene rings is 1. The van der Waals surface area contributed by atoms with E-state index in [1.165, 1.54) is 0 Å². The van der Waals surface area contributed by atoms with Gasteiger partial charge in [-0.1, -0.05) is 18.9 Å². The predicted octanol–water partition coefficient (Wildman–Crippen LogP) is 0.139. The Morgan fingerprint density at radius 3 is 2.54 bits per heavy atom. The van der Waals surface area contributed by atoms with E-state index in [4.69, 9.17) is 19.3 Å². The molecule has 1 fully saturated rings. The first-order valence-electron chi connectivity index (χ1n) is 7.98. The molecule has 1 aromatic carbocycles. The Hall–Kier alpha value is -1.56. The number of aliphatic hydroxyl groups is 3. The molecule has 0 bridgehead atoms. The number of carboxylic acids is 1. The Labute approximate surface area is 156 Å². The summed E-state index contributed by atoms with van der Waals surface area (Å²) in [6.45, 7) is 4.19. The maximum atomic E-state index is 11.1.